The number of sulfonamides is 1. The quantitative estimate of drug-likeness (QED) is 0.370. The number of thiophene rings is 1. The number of nitrogens with zero attached hydrogens (tertiary/aromatic N) is 3. The molecule has 6 rings (SSSR count). The van der Waals surface area contributed by atoms with Gasteiger partial charge in [-0.1, -0.05) is 0 Å². The van der Waals surface area contributed by atoms with E-state index in [2.05, 4.69) is 16.0 Å². The fourth-order valence-electron chi connectivity index (χ4n) is 4.90. The number of morpholine rings is 1. The number of H-pyrrole nitrogens is 1. The van der Waals surface area contributed by atoms with Crippen molar-refractivity contribution in [1.29, 1.82) is 5.26 Å². The highest BCUT2D eigenvalue weighted by Gasteiger charge is 2.26. The minimum atomic E-state index is -3.58. The van der Waals surface area contributed by atoms with Gasteiger partial charge in [-0.15, -0.1) is 11.3 Å². The summed E-state index contributed by atoms with van der Waals surface area (Å²) < 4.78 is 38.3. The number of hydrogen-bond acceptors (Lipinski definition) is 8. The minimum absolute atomic E-state index is 0.184. The third-order valence-corrected chi connectivity index (χ3v) is 9.96. The number of hydrogen-bond donors (Lipinski definition) is 1. The van der Waals surface area contributed by atoms with E-state index in [-0.39, 0.29) is 21.9 Å². The Kier molecular flexibility index (Phi) is 6.49. The van der Waals surface area contributed by atoms with Gasteiger partial charge in [0.25, 0.3) is 5.56 Å². The molecule has 0 spiro atoms. The summed E-state index contributed by atoms with van der Waals surface area (Å²) >= 11 is 1.53. The Morgan fingerprint density at radius 1 is 1.11 bits per heavy atom. The molecule has 0 unspecified atom stereocenters. The zero-order valence-electron chi connectivity index (χ0n) is 20.4. The van der Waals surface area contributed by atoms with Crippen LogP contribution in [0.25, 0.3) is 33.2 Å². The SMILES string of the molecule is N#CC(=Cc1ccc(-c2ccc(S(=O)(=O)N3CCOCC3)cc2)o1)c1nc2sc3c(c2c(=O)[nH]1)CCCC3. The average Bonchev–Trinajstić information content (AvgIpc) is 3.57. The molecule has 0 atom stereocenters. The van der Waals surface area contributed by atoms with Gasteiger partial charge in [0.15, 0.2) is 5.82 Å². The van der Waals surface area contributed by atoms with Gasteiger partial charge in [-0.3, -0.25) is 4.79 Å². The molecule has 194 valence electrons. The van der Waals surface area contributed by atoms with Gasteiger partial charge in [0, 0.05) is 29.6 Å². The zero-order valence-corrected chi connectivity index (χ0v) is 22.0. The molecule has 1 aliphatic heterocycles. The standard InChI is InChI=1S/C27H24N4O5S2/c28-16-18(25-29-26(32)24-21-3-1-2-4-23(21)37-27(24)30-25)15-19-7-10-22(36-19)17-5-8-20(9-6-17)38(33,34)31-11-13-35-14-12-31/h5-10,15H,1-4,11-14H2,(H,29,30,32). The van der Waals surface area contributed by atoms with Crippen LogP contribution in [-0.2, 0) is 27.6 Å². The summed E-state index contributed by atoms with van der Waals surface area (Å²) in [5.41, 5.74) is 1.75. The van der Waals surface area contributed by atoms with Crippen molar-refractivity contribution in [2.75, 3.05) is 26.3 Å². The van der Waals surface area contributed by atoms with E-state index in [1.165, 1.54) is 20.5 Å². The molecule has 1 aliphatic carbocycles. The van der Waals surface area contributed by atoms with Crippen molar-refractivity contribution in [2.45, 2.75) is 30.6 Å². The summed E-state index contributed by atoms with van der Waals surface area (Å²) in [6.45, 7) is 1.44. The molecule has 11 heteroatoms. The van der Waals surface area contributed by atoms with Crippen molar-refractivity contribution in [2.24, 2.45) is 0 Å². The van der Waals surface area contributed by atoms with Crippen LogP contribution in [0.2, 0.25) is 0 Å². The lowest BCUT2D eigenvalue weighted by Gasteiger charge is -2.26. The number of ether oxygens (including phenoxy) is 1. The molecule has 1 aromatic carbocycles. The monoisotopic (exact) mass is 548 g/mol. The molecule has 0 radical (unpaired) electrons. The van der Waals surface area contributed by atoms with Crippen molar-refractivity contribution in [3.05, 3.63) is 68.8 Å². The first-order chi connectivity index (χ1) is 18.4. The molecule has 0 bridgehead atoms. The number of aromatic nitrogens is 2. The van der Waals surface area contributed by atoms with Crippen molar-refractivity contribution >= 4 is 43.2 Å². The lowest BCUT2D eigenvalue weighted by atomic mass is 9.97. The van der Waals surface area contributed by atoms with Gasteiger partial charge in [-0.2, -0.15) is 9.57 Å². The van der Waals surface area contributed by atoms with Crippen LogP contribution in [0.4, 0.5) is 0 Å². The second-order valence-corrected chi connectivity index (χ2v) is 12.2. The summed E-state index contributed by atoms with van der Waals surface area (Å²) in [4.78, 5) is 22.4. The van der Waals surface area contributed by atoms with Crippen LogP contribution in [0.3, 0.4) is 0 Å². The number of nitrogens with one attached hydrogen (secondary N) is 1. The molecule has 2 aliphatic rings. The number of rotatable bonds is 5. The summed E-state index contributed by atoms with van der Waals surface area (Å²) in [6.07, 6.45) is 5.56. The van der Waals surface area contributed by atoms with Gasteiger partial charge in [0.05, 0.1) is 29.1 Å². The predicted molar refractivity (Wildman–Crippen MR) is 144 cm³/mol. The second-order valence-electron chi connectivity index (χ2n) is 9.22. The third kappa shape index (κ3) is 4.50. The van der Waals surface area contributed by atoms with Crippen LogP contribution < -0.4 is 5.56 Å². The Labute approximate surface area is 223 Å². The van der Waals surface area contributed by atoms with E-state index in [0.29, 0.717) is 53.6 Å². The van der Waals surface area contributed by atoms with E-state index >= 15 is 0 Å². The highest BCUT2D eigenvalue weighted by atomic mass is 32.2. The van der Waals surface area contributed by atoms with Crippen LogP contribution in [0.15, 0.2) is 50.5 Å². The molecular weight excluding hydrogens is 524 g/mol. The lowest BCUT2D eigenvalue weighted by Crippen LogP contribution is -2.40. The zero-order chi connectivity index (χ0) is 26.3. The van der Waals surface area contributed by atoms with Crippen molar-refractivity contribution in [1.82, 2.24) is 14.3 Å². The summed E-state index contributed by atoms with van der Waals surface area (Å²) in [5, 5.41) is 10.5. The highest BCUT2D eigenvalue weighted by molar-refractivity contribution is 7.89. The summed E-state index contributed by atoms with van der Waals surface area (Å²) in [6, 6.07) is 12.1. The maximum Gasteiger partial charge on any atom is 0.260 e. The Hall–Kier alpha value is -3.56. The number of nitriles is 1. The Morgan fingerprint density at radius 2 is 1.87 bits per heavy atom. The van der Waals surface area contributed by atoms with E-state index in [0.717, 1.165) is 31.2 Å². The summed E-state index contributed by atoms with van der Waals surface area (Å²) in [5.74, 6) is 1.14. The molecule has 9 nitrogen and oxygen atoms in total. The normalized spacial score (nSPS) is 16.9. The molecule has 38 heavy (non-hydrogen) atoms. The Bertz CT molecular complexity index is 1750. The summed E-state index contributed by atoms with van der Waals surface area (Å²) in [7, 11) is -3.58. The van der Waals surface area contributed by atoms with E-state index in [4.69, 9.17) is 9.15 Å². The van der Waals surface area contributed by atoms with E-state index < -0.39 is 10.0 Å². The van der Waals surface area contributed by atoms with Crippen LogP contribution >= 0.6 is 11.3 Å². The van der Waals surface area contributed by atoms with E-state index in [1.54, 1.807) is 42.5 Å². The number of furan rings is 1. The van der Waals surface area contributed by atoms with E-state index in [9.17, 15) is 18.5 Å². The number of aromatic amines is 1. The van der Waals surface area contributed by atoms with Crippen LogP contribution in [0.1, 0.15) is 34.9 Å². The van der Waals surface area contributed by atoms with Gasteiger partial charge < -0.3 is 14.1 Å². The first kappa shape index (κ1) is 24.8. The smallest absolute Gasteiger partial charge is 0.260 e. The molecule has 1 saturated heterocycles. The van der Waals surface area contributed by atoms with Gasteiger partial charge in [0.2, 0.25) is 10.0 Å². The largest absolute Gasteiger partial charge is 0.457 e. The topological polar surface area (TPSA) is 129 Å². The first-order valence-electron chi connectivity index (χ1n) is 12.4. The van der Waals surface area contributed by atoms with Gasteiger partial charge in [-0.25, -0.2) is 13.4 Å². The van der Waals surface area contributed by atoms with Gasteiger partial charge in [-0.05, 0) is 67.6 Å². The van der Waals surface area contributed by atoms with Crippen molar-refractivity contribution < 1.29 is 17.6 Å². The Morgan fingerprint density at radius 3 is 2.63 bits per heavy atom. The molecule has 0 amide bonds. The Balaban J connectivity index is 1.27. The van der Waals surface area contributed by atoms with E-state index in [1.807, 2.05) is 0 Å². The van der Waals surface area contributed by atoms with Crippen molar-refractivity contribution in [3.8, 4) is 17.4 Å². The third-order valence-electron chi connectivity index (χ3n) is 6.86. The lowest BCUT2D eigenvalue weighted by molar-refractivity contribution is 0.0730. The molecule has 4 aromatic rings. The minimum Gasteiger partial charge on any atom is -0.457 e. The number of allylic oxidation sites excluding steroid dienone is 1. The fraction of sp³-hybridized carbons (Fsp3) is 0.296. The number of benzene rings is 1. The van der Waals surface area contributed by atoms with Gasteiger partial charge >= 0.3 is 0 Å². The van der Waals surface area contributed by atoms with Gasteiger partial charge in [0.1, 0.15) is 22.4 Å². The molecular formula is C27H24N4O5S2. The molecule has 1 fully saturated rings. The number of fused-ring (bicyclic) bond motifs is 3. The number of aryl methyl sites for hydroxylation is 2. The molecule has 0 saturated carbocycles. The van der Waals surface area contributed by atoms with Crippen molar-refractivity contribution in [3.63, 3.8) is 0 Å². The second kappa shape index (κ2) is 9.96. The molecule has 1 N–H and O–H groups in total. The maximum atomic E-state index is 12.9. The van der Waals surface area contributed by atoms with Crippen LogP contribution in [0.5, 0.6) is 0 Å². The van der Waals surface area contributed by atoms with Crippen LogP contribution in [0, 0.1) is 11.3 Å². The molecule has 4 heterocycles. The molecule has 3 aromatic heterocycles. The first-order valence-corrected chi connectivity index (χ1v) is 14.6. The highest BCUT2D eigenvalue weighted by Crippen LogP contribution is 2.34. The average molecular weight is 549 g/mol. The maximum absolute atomic E-state index is 12.9. The fourth-order valence-corrected chi connectivity index (χ4v) is 7.57. The van der Waals surface area contributed by atoms with Crippen LogP contribution in [-0.4, -0.2) is 49.0 Å². The predicted octanol–water partition coefficient (Wildman–Crippen LogP) is 4.21.